The van der Waals surface area contributed by atoms with Crippen molar-refractivity contribution in [3.05, 3.63) is 35.8 Å². The van der Waals surface area contributed by atoms with Gasteiger partial charge in [0, 0.05) is 23.3 Å². The molecule has 0 aliphatic rings. The zero-order chi connectivity index (χ0) is 11.2. The van der Waals surface area contributed by atoms with Crippen molar-refractivity contribution in [3.8, 4) is 5.75 Å². The van der Waals surface area contributed by atoms with Crippen LogP contribution < -0.4 is 15.8 Å². The van der Waals surface area contributed by atoms with E-state index in [0.29, 0.717) is 12.3 Å². The van der Waals surface area contributed by atoms with Gasteiger partial charge in [0.15, 0.2) is 5.13 Å². The Labute approximate surface area is 98.1 Å². The number of hydrogen-bond acceptors (Lipinski definition) is 5. The highest BCUT2D eigenvalue weighted by molar-refractivity contribution is 7.13. The van der Waals surface area contributed by atoms with E-state index in [1.54, 1.807) is 17.5 Å². The van der Waals surface area contributed by atoms with Gasteiger partial charge >= 0.3 is 0 Å². The summed E-state index contributed by atoms with van der Waals surface area (Å²) in [6, 6.07) is 7.41. The highest BCUT2D eigenvalue weighted by atomic mass is 32.1. The molecule has 1 heterocycles. The molecule has 0 atom stereocenters. The van der Waals surface area contributed by atoms with Crippen molar-refractivity contribution in [1.29, 1.82) is 0 Å². The summed E-state index contributed by atoms with van der Waals surface area (Å²) < 4.78 is 5.52. The predicted octanol–water partition coefficient (Wildman–Crippen LogP) is 2.22. The minimum atomic E-state index is 0.586. The molecular formula is C11H13N3OS. The fourth-order valence-electron chi connectivity index (χ4n) is 1.24. The first kappa shape index (κ1) is 10.8. The molecule has 0 fully saturated rings. The maximum absolute atomic E-state index is 5.64. The van der Waals surface area contributed by atoms with Gasteiger partial charge in [-0.05, 0) is 12.1 Å². The van der Waals surface area contributed by atoms with Gasteiger partial charge in [-0.2, -0.15) is 0 Å². The second kappa shape index (κ2) is 5.37. The molecule has 1 aromatic heterocycles. The largest absolute Gasteiger partial charge is 0.492 e. The molecule has 0 saturated carbocycles. The Morgan fingerprint density at radius 2 is 2.38 bits per heavy atom. The smallest absolute Gasteiger partial charge is 0.182 e. The normalized spacial score (nSPS) is 10.0. The van der Waals surface area contributed by atoms with Crippen LogP contribution in [0.25, 0.3) is 0 Å². The van der Waals surface area contributed by atoms with Gasteiger partial charge in [-0.15, -0.1) is 11.3 Å². The number of thiazole rings is 1. The van der Waals surface area contributed by atoms with Gasteiger partial charge in [0.05, 0.1) is 6.54 Å². The molecule has 2 aromatic rings. The Morgan fingerprint density at radius 3 is 3.12 bits per heavy atom. The zero-order valence-electron chi connectivity index (χ0n) is 8.72. The van der Waals surface area contributed by atoms with E-state index in [2.05, 4.69) is 10.3 Å². The number of benzene rings is 1. The summed E-state index contributed by atoms with van der Waals surface area (Å²) in [4.78, 5) is 4.11. The van der Waals surface area contributed by atoms with Crippen LogP contribution in [0.2, 0.25) is 0 Å². The summed E-state index contributed by atoms with van der Waals surface area (Å²) in [6.45, 7) is 1.31. The first-order valence-corrected chi connectivity index (χ1v) is 5.84. The summed E-state index contributed by atoms with van der Waals surface area (Å²) >= 11 is 1.57. The van der Waals surface area contributed by atoms with Crippen molar-refractivity contribution in [2.45, 2.75) is 0 Å². The highest BCUT2D eigenvalue weighted by Crippen LogP contribution is 2.14. The molecular weight excluding hydrogens is 222 g/mol. The third-order valence-corrected chi connectivity index (χ3v) is 2.67. The number of hydrogen-bond donors (Lipinski definition) is 2. The van der Waals surface area contributed by atoms with Crippen molar-refractivity contribution >= 4 is 22.2 Å². The van der Waals surface area contributed by atoms with Gasteiger partial charge in [0.25, 0.3) is 0 Å². The first-order chi connectivity index (χ1) is 7.84. The molecule has 84 valence electrons. The number of nitrogen functional groups attached to an aromatic ring is 1. The van der Waals surface area contributed by atoms with Crippen molar-refractivity contribution in [1.82, 2.24) is 4.98 Å². The molecule has 2 rings (SSSR count). The van der Waals surface area contributed by atoms with Crippen molar-refractivity contribution in [3.63, 3.8) is 0 Å². The summed E-state index contributed by atoms with van der Waals surface area (Å²) in [5.41, 5.74) is 6.35. The molecule has 0 spiro atoms. The van der Waals surface area contributed by atoms with Gasteiger partial charge in [0.1, 0.15) is 12.4 Å². The third-order valence-electron chi connectivity index (χ3n) is 1.94. The van der Waals surface area contributed by atoms with E-state index in [9.17, 15) is 0 Å². The summed E-state index contributed by atoms with van der Waals surface area (Å²) in [5, 5.41) is 6.01. The summed E-state index contributed by atoms with van der Waals surface area (Å²) in [5.74, 6) is 0.793. The van der Waals surface area contributed by atoms with Crippen molar-refractivity contribution in [2.24, 2.45) is 0 Å². The second-order valence-corrected chi connectivity index (χ2v) is 4.08. The van der Waals surface area contributed by atoms with E-state index in [1.807, 2.05) is 29.6 Å². The lowest BCUT2D eigenvalue weighted by Crippen LogP contribution is -2.11. The molecule has 1 aromatic carbocycles. The Kier molecular flexibility index (Phi) is 3.61. The Hall–Kier alpha value is -1.75. The van der Waals surface area contributed by atoms with E-state index in [1.165, 1.54) is 0 Å². The van der Waals surface area contributed by atoms with Crippen LogP contribution in [0.4, 0.5) is 10.8 Å². The van der Waals surface area contributed by atoms with Gasteiger partial charge in [0.2, 0.25) is 0 Å². The molecule has 5 heteroatoms. The monoisotopic (exact) mass is 235 g/mol. The minimum absolute atomic E-state index is 0.586. The van der Waals surface area contributed by atoms with Gasteiger partial charge in [-0.25, -0.2) is 4.98 Å². The molecule has 3 N–H and O–H groups in total. The number of nitrogens with zero attached hydrogens (tertiary/aromatic N) is 1. The zero-order valence-corrected chi connectivity index (χ0v) is 9.54. The topological polar surface area (TPSA) is 60.2 Å². The van der Waals surface area contributed by atoms with Gasteiger partial charge < -0.3 is 15.8 Å². The number of ether oxygens (including phenoxy) is 1. The lowest BCUT2D eigenvalue weighted by Gasteiger charge is -2.06. The molecule has 4 nitrogen and oxygen atoms in total. The van der Waals surface area contributed by atoms with E-state index in [4.69, 9.17) is 10.5 Å². The quantitative estimate of drug-likeness (QED) is 0.616. The average molecular weight is 235 g/mol. The van der Waals surface area contributed by atoms with Crippen molar-refractivity contribution < 1.29 is 4.74 Å². The van der Waals surface area contributed by atoms with Gasteiger partial charge in [-0.1, -0.05) is 6.07 Å². The maximum Gasteiger partial charge on any atom is 0.182 e. The SMILES string of the molecule is Nc1cccc(OCCNc2nccs2)c1. The Morgan fingerprint density at radius 1 is 1.44 bits per heavy atom. The lowest BCUT2D eigenvalue weighted by molar-refractivity contribution is 0.333. The van der Waals surface area contributed by atoms with E-state index in [-0.39, 0.29) is 0 Å². The fraction of sp³-hybridized carbons (Fsp3) is 0.182. The molecule has 0 unspecified atom stereocenters. The molecule has 0 aliphatic heterocycles. The van der Waals surface area contributed by atoms with Crippen molar-refractivity contribution in [2.75, 3.05) is 24.2 Å². The van der Waals surface area contributed by atoms with Gasteiger partial charge in [-0.3, -0.25) is 0 Å². The predicted molar refractivity (Wildman–Crippen MR) is 67.0 cm³/mol. The van der Waals surface area contributed by atoms with E-state index in [0.717, 1.165) is 17.4 Å². The standard InChI is InChI=1S/C11H13N3OS/c12-9-2-1-3-10(8-9)15-6-4-13-11-14-5-7-16-11/h1-3,5,7-8H,4,6,12H2,(H,13,14). The fourth-order valence-corrected chi connectivity index (χ4v) is 1.80. The van der Waals surface area contributed by atoms with Crippen LogP contribution in [0.15, 0.2) is 35.8 Å². The number of nitrogens with one attached hydrogen (secondary N) is 1. The molecule has 0 amide bonds. The molecule has 0 aliphatic carbocycles. The highest BCUT2D eigenvalue weighted by Gasteiger charge is 1.95. The average Bonchev–Trinajstić information content (AvgIpc) is 2.77. The van der Waals surface area contributed by atoms with Crippen LogP contribution >= 0.6 is 11.3 Å². The second-order valence-electron chi connectivity index (χ2n) is 3.18. The Bertz CT molecular complexity index is 431. The minimum Gasteiger partial charge on any atom is -0.492 e. The molecule has 0 bridgehead atoms. The summed E-state index contributed by atoms with van der Waals surface area (Å²) in [6.07, 6.45) is 1.77. The number of anilines is 2. The third kappa shape index (κ3) is 3.13. The van der Waals surface area contributed by atoms with E-state index < -0.39 is 0 Å². The van der Waals surface area contributed by atoms with Crippen LogP contribution in [-0.4, -0.2) is 18.1 Å². The molecule has 0 radical (unpaired) electrons. The van der Waals surface area contributed by atoms with Crippen LogP contribution in [-0.2, 0) is 0 Å². The first-order valence-electron chi connectivity index (χ1n) is 4.96. The summed E-state index contributed by atoms with van der Waals surface area (Å²) in [7, 11) is 0. The van der Waals surface area contributed by atoms with Crippen LogP contribution in [0.5, 0.6) is 5.75 Å². The lowest BCUT2D eigenvalue weighted by atomic mass is 10.3. The molecule has 16 heavy (non-hydrogen) atoms. The van der Waals surface area contributed by atoms with Crippen LogP contribution in [0.3, 0.4) is 0 Å². The van der Waals surface area contributed by atoms with E-state index >= 15 is 0 Å². The van der Waals surface area contributed by atoms with Crippen LogP contribution in [0.1, 0.15) is 0 Å². The number of rotatable bonds is 5. The van der Waals surface area contributed by atoms with Crippen LogP contribution in [0, 0.1) is 0 Å². The molecule has 0 saturated heterocycles. The Balaban J connectivity index is 1.72. The maximum atomic E-state index is 5.64. The number of nitrogens with two attached hydrogens (primary N) is 1. The number of aromatic nitrogens is 1.